The number of carboxylic acids is 1. The number of nitrogens with one attached hydrogen (secondary N) is 1. The van der Waals surface area contributed by atoms with Crippen molar-refractivity contribution in [1.29, 1.82) is 0 Å². The molecule has 0 aliphatic heterocycles. The van der Waals surface area contributed by atoms with Crippen molar-refractivity contribution >= 4 is 12.0 Å². The van der Waals surface area contributed by atoms with Gasteiger partial charge < -0.3 is 20.1 Å². The van der Waals surface area contributed by atoms with E-state index in [0.717, 1.165) is 0 Å². The highest BCUT2D eigenvalue weighted by Gasteiger charge is 2.22. The summed E-state index contributed by atoms with van der Waals surface area (Å²) in [6.07, 6.45) is -0.0522. The third-order valence-corrected chi connectivity index (χ3v) is 3.07. The topological polar surface area (TPSA) is 78.9 Å². The van der Waals surface area contributed by atoms with Crippen molar-refractivity contribution in [2.45, 2.75) is 53.1 Å². The number of amides is 2. The van der Waals surface area contributed by atoms with Gasteiger partial charge in [-0.3, -0.25) is 4.79 Å². The molecule has 0 fully saturated rings. The van der Waals surface area contributed by atoms with Gasteiger partial charge in [0.25, 0.3) is 0 Å². The average molecular weight is 288 g/mol. The first kappa shape index (κ1) is 18.7. The van der Waals surface area contributed by atoms with Gasteiger partial charge in [-0.1, -0.05) is 13.8 Å². The van der Waals surface area contributed by atoms with Gasteiger partial charge in [0, 0.05) is 19.2 Å². The lowest BCUT2D eigenvalue weighted by molar-refractivity contribution is -0.137. The first-order valence-corrected chi connectivity index (χ1v) is 7.16. The molecule has 0 heterocycles. The van der Waals surface area contributed by atoms with Crippen LogP contribution in [0.25, 0.3) is 0 Å². The monoisotopic (exact) mass is 288 g/mol. The van der Waals surface area contributed by atoms with E-state index in [4.69, 9.17) is 9.84 Å². The summed E-state index contributed by atoms with van der Waals surface area (Å²) in [5.41, 5.74) is 0. The van der Waals surface area contributed by atoms with Crippen LogP contribution in [0.5, 0.6) is 0 Å². The second-order valence-corrected chi connectivity index (χ2v) is 5.39. The van der Waals surface area contributed by atoms with Gasteiger partial charge in [0.15, 0.2) is 0 Å². The lowest BCUT2D eigenvalue weighted by atomic mass is 10.1. The number of hydrogen-bond acceptors (Lipinski definition) is 3. The fourth-order valence-electron chi connectivity index (χ4n) is 1.70. The Kier molecular flexibility index (Phi) is 8.96. The Balaban J connectivity index is 4.58. The van der Waals surface area contributed by atoms with E-state index in [0.29, 0.717) is 13.2 Å². The third kappa shape index (κ3) is 7.33. The number of carbonyl (C=O) groups excluding carboxylic acids is 1. The molecule has 0 bridgehead atoms. The second-order valence-electron chi connectivity index (χ2n) is 5.39. The highest BCUT2D eigenvalue weighted by Crippen LogP contribution is 2.06. The van der Waals surface area contributed by atoms with Crippen molar-refractivity contribution < 1.29 is 19.4 Å². The van der Waals surface area contributed by atoms with E-state index in [-0.39, 0.29) is 37.0 Å². The summed E-state index contributed by atoms with van der Waals surface area (Å²) < 4.78 is 5.37. The van der Waals surface area contributed by atoms with Crippen LogP contribution in [0.4, 0.5) is 4.79 Å². The maximum atomic E-state index is 12.2. The molecular weight excluding hydrogens is 260 g/mol. The molecule has 0 aromatic heterocycles. The van der Waals surface area contributed by atoms with Crippen LogP contribution in [0.15, 0.2) is 0 Å². The lowest BCUT2D eigenvalue weighted by Gasteiger charge is -2.30. The summed E-state index contributed by atoms with van der Waals surface area (Å²) in [5, 5.41) is 11.7. The van der Waals surface area contributed by atoms with E-state index in [1.807, 2.05) is 34.6 Å². The van der Waals surface area contributed by atoms with E-state index in [2.05, 4.69) is 5.32 Å². The van der Waals surface area contributed by atoms with Gasteiger partial charge in [0.1, 0.15) is 0 Å². The van der Waals surface area contributed by atoms with Crippen LogP contribution in [-0.4, -0.2) is 53.8 Å². The predicted octanol–water partition coefficient (Wildman–Crippen LogP) is 1.94. The van der Waals surface area contributed by atoms with Gasteiger partial charge >= 0.3 is 12.0 Å². The summed E-state index contributed by atoms with van der Waals surface area (Å²) in [7, 11) is 0. The van der Waals surface area contributed by atoms with Gasteiger partial charge in [-0.25, -0.2) is 4.79 Å². The fourth-order valence-corrected chi connectivity index (χ4v) is 1.70. The fraction of sp³-hybridized carbons (Fsp3) is 0.857. The lowest BCUT2D eigenvalue weighted by Crippen LogP contribution is -2.51. The zero-order chi connectivity index (χ0) is 15.7. The SMILES string of the molecule is CCOCC(NC(=O)N(CCC(=O)O)C(C)C)C(C)C. The molecule has 0 aliphatic carbocycles. The molecular formula is C14H28N2O4. The standard InChI is InChI=1S/C14H28N2O4/c1-6-20-9-12(10(2)3)15-14(19)16(11(4)5)8-7-13(17)18/h10-12H,6-9H2,1-5H3,(H,15,19)(H,17,18). The van der Waals surface area contributed by atoms with Crippen molar-refractivity contribution in [2.75, 3.05) is 19.8 Å². The number of rotatable bonds is 9. The minimum absolute atomic E-state index is 0.0470. The van der Waals surface area contributed by atoms with E-state index in [1.54, 1.807) is 0 Å². The van der Waals surface area contributed by atoms with E-state index in [9.17, 15) is 9.59 Å². The molecule has 20 heavy (non-hydrogen) atoms. The number of carboxylic acid groups (broad SMARTS) is 1. The van der Waals surface area contributed by atoms with Crippen LogP contribution >= 0.6 is 0 Å². The van der Waals surface area contributed by atoms with Gasteiger partial charge in [-0.15, -0.1) is 0 Å². The molecule has 2 N–H and O–H groups in total. The zero-order valence-corrected chi connectivity index (χ0v) is 13.2. The van der Waals surface area contributed by atoms with Crippen LogP contribution in [0.1, 0.15) is 41.0 Å². The van der Waals surface area contributed by atoms with Gasteiger partial charge in [0.05, 0.1) is 19.1 Å². The number of hydrogen-bond donors (Lipinski definition) is 2. The molecule has 0 radical (unpaired) electrons. The Morgan fingerprint density at radius 3 is 2.25 bits per heavy atom. The van der Waals surface area contributed by atoms with Gasteiger partial charge in [-0.05, 0) is 26.7 Å². The van der Waals surface area contributed by atoms with Crippen molar-refractivity contribution in [3.05, 3.63) is 0 Å². The largest absolute Gasteiger partial charge is 0.481 e. The first-order valence-electron chi connectivity index (χ1n) is 7.16. The summed E-state index contributed by atoms with van der Waals surface area (Å²) in [4.78, 5) is 24.4. The number of urea groups is 1. The molecule has 0 aromatic carbocycles. The van der Waals surface area contributed by atoms with Crippen molar-refractivity contribution in [2.24, 2.45) is 5.92 Å². The quantitative estimate of drug-likeness (QED) is 0.679. The highest BCUT2D eigenvalue weighted by molar-refractivity contribution is 5.76. The first-order chi connectivity index (χ1) is 9.29. The maximum Gasteiger partial charge on any atom is 0.317 e. The molecule has 0 aliphatic rings. The molecule has 6 nitrogen and oxygen atoms in total. The summed E-state index contributed by atoms with van der Waals surface area (Å²) in [6.45, 7) is 11.0. The Morgan fingerprint density at radius 2 is 1.85 bits per heavy atom. The van der Waals surface area contributed by atoms with Crippen molar-refractivity contribution in [3.63, 3.8) is 0 Å². The normalized spacial score (nSPS) is 12.6. The molecule has 0 rings (SSSR count). The average Bonchev–Trinajstić information content (AvgIpc) is 2.33. The summed E-state index contributed by atoms with van der Waals surface area (Å²) >= 11 is 0. The number of nitrogens with zero attached hydrogens (tertiary/aromatic N) is 1. The predicted molar refractivity (Wildman–Crippen MR) is 77.7 cm³/mol. The zero-order valence-electron chi connectivity index (χ0n) is 13.2. The third-order valence-electron chi connectivity index (χ3n) is 3.07. The van der Waals surface area contributed by atoms with E-state index < -0.39 is 5.97 Å². The molecule has 1 atom stereocenters. The number of aliphatic carboxylic acids is 1. The highest BCUT2D eigenvalue weighted by atomic mass is 16.5. The van der Waals surface area contributed by atoms with Crippen molar-refractivity contribution in [1.82, 2.24) is 10.2 Å². The molecule has 0 saturated carbocycles. The van der Waals surface area contributed by atoms with Crippen LogP contribution in [0, 0.1) is 5.92 Å². The molecule has 6 heteroatoms. The molecule has 1 unspecified atom stereocenters. The molecule has 2 amide bonds. The van der Waals surface area contributed by atoms with Crippen LogP contribution in [0.2, 0.25) is 0 Å². The molecule has 0 saturated heterocycles. The van der Waals surface area contributed by atoms with E-state index in [1.165, 1.54) is 4.90 Å². The Hall–Kier alpha value is -1.30. The number of carbonyl (C=O) groups is 2. The summed E-state index contributed by atoms with van der Waals surface area (Å²) in [6, 6.07) is -0.359. The maximum absolute atomic E-state index is 12.2. The van der Waals surface area contributed by atoms with Crippen LogP contribution in [0.3, 0.4) is 0 Å². The van der Waals surface area contributed by atoms with Crippen molar-refractivity contribution in [3.8, 4) is 0 Å². The second kappa shape index (κ2) is 9.58. The molecule has 118 valence electrons. The minimum Gasteiger partial charge on any atom is -0.481 e. The van der Waals surface area contributed by atoms with Gasteiger partial charge in [0.2, 0.25) is 0 Å². The van der Waals surface area contributed by atoms with Crippen LogP contribution < -0.4 is 5.32 Å². The van der Waals surface area contributed by atoms with Crippen LogP contribution in [-0.2, 0) is 9.53 Å². The number of ether oxygens (including phenoxy) is 1. The Morgan fingerprint density at radius 1 is 1.25 bits per heavy atom. The Bertz CT molecular complexity index is 306. The van der Waals surface area contributed by atoms with Gasteiger partial charge in [-0.2, -0.15) is 0 Å². The molecule has 0 aromatic rings. The molecule has 0 spiro atoms. The smallest absolute Gasteiger partial charge is 0.317 e. The minimum atomic E-state index is -0.904. The Labute approximate surface area is 121 Å². The summed E-state index contributed by atoms with van der Waals surface area (Å²) in [5.74, 6) is -0.655. The van der Waals surface area contributed by atoms with E-state index >= 15 is 0 Å².